The van der Waals surface area contributed by atoms with Crippen molar-refractivity contribution in [3.63, 3.8) is 0 Å². The Balaban J connectivity index is 1.65. The number of H-pyrrole nitrogens is 1. The normalized spacial score (nSPS) is 12.7. The van der Waals surface area contributed by atoms with Crippen LogP contribution in [0.1, 0.15) is 45.7 Å². The molecule has 5 rings (SSSR count). The molecule has 0 aliphatic heterocycles. The summed E-state index contributed by atoms with van der Waals surface area (Å²) in [7, 11) is 0. The molecule has 1 aromatic heterocycles. The second-order valence-corrected chi connectivity index (χ2v) is 7.55. The number of aromatic hydroxyl groups is 1. The third kappa shape index (κ3) is 2.83. The molecule has 1 heterocycles. The Bertz CT molecular complexity index is 1370. The molecule has 1 aliphatic rings. The predicted molar refractivity (Wildman–Crippen MR) is 120 cm³/mol. The summed E-state index contributed by atoms with van der Waals surface area (Å²) in [5.41, 5.74) is 4.02. The molecule has 0 fully saturated rings. The van der Waals surface area contributed by atoms with E-state index in [2.05, 4.69) is 28.7 Å². The number of hydrogen-bond donors (Lipinski definition) is 2. The van der Waals surface area contributed by atoms with E-state index >= 15 is 0 Å². The van der Waals surface area contributed by atoms with Gasteiger partial charge in [0.1, 0.15) is 17.1 Å². The Morgan fingerprint density at radius 1 is 0.871 bits per heavy atom. The van der Waals surface area contributed by atoms with Gasteiger partial charge in [-0.05, 0) is 38.1 Å². The van der Waals surface area contributed by atoms with Crippen LogP contribution in [0.4, 0.5) is 5.69 Å². The minimum absolute atomic E-state index is 0.102. The van der Waals surface area contributed by atoms with Crippen LogP contribution in [0, 0.1) is 0 Å². The molecule has 154 valence electrons. The van der Waals surface area contributed by atoms with Crippen molar-refractivity contribution in [1.29, 1.82) is 0 Å². The van der Waals surface area contributed by atoms with Crippen LogP contribution in [-0.4, -0.2) is 39.7 Å². The summed E-state index contributed by atoms with van der Waals surface area (Å²) in [5.74, 6) is 0.161. The number of aromatic amines is 1. The van der Waals surface area contributed by atoms with Gasteiger partial charge in [-0.2, -0.15) is 0 Å². The lowest BCUT2D eigenvalue weighted by Crippen LogP contribution is -2.21. The van der Waals surface area contributed by atoms with E-state index in [1.807, 2.05) is 12.1 Å². The van der Waals surface area contributed by atoms with Crippen LogP contribution in [0.2, 0.25) is 0 Å². The smallest absolute Gasteiger partial charge is 0.196 e. The first-order valence-corrected chi connectivity index (χ1v) is 10.3. The summed E-state index contributed by atoms with van der Waals surface area (Å²) in [4.78, 5) is 36.1. The summed E-state index contributed by atoms with van der Waals surface area (Å²) in [6, 6.07) is 15.7. The third-order valence-corrected chi connectivity index (χ3v) is 5.91. The zero-order chi connectivity index (χ0) is 21.7. The van der Waals surface area contributed by atoms with Gasteiger partial charge in [0.05, 0.1) is 16.6 Å². The van der Waals surface area contributed by atoms with Crippen LogP contribution in [0.25, 0.3) is 22.4 Å². The van der Waals surface area contributed by atoms with Gasteiger partial charge in [-0.3, -0.25) is 9.59 Å². The Morgan fingerprint density at radius 2 is 1.55 bits per heavy atom. The molecule has 0 spiro atoms. The molecule has 6 heteroatoms. The van der Waals surface area contributed by atoms with Gasteiger partial charge in [0.15, 0.2) is 11.6 Å². The maximum Gasteiger partial charge on any atom is 0.196 e. The number of phenols is 1. The van der Waals surface area contributed by atoms with Crippen molar-refractivity contribution in [2.45, 2.75) is 13.8 Å². The van der Waals surface area contributed by atoms with Crippen molar-refractivity contribution in [3.8, 4) is 17.1 Å². The van der Waals surface area contributed by atoms with E-state index in [0.717, 1.165) is 18.8 Å². The summed E-state index contributed by atoms with van der Waals surface area (Å²) in [6.07, 6.45) is 0. The summed E-state index contributed by atoms with van der Waals surface area (Å²) in [6.45, 7) is 5.80. The maximum atomic E-state index is 13.2. The molecule has 31 heavy (non-hydrogen) atoms. The predicted octanol–water partition coefficient (Wildman–Crippen LogP) is 4.56. The SMILES string of the molecule is CCN(CC)c1ccc(-c2nc3c4c(ccc3[nH]2)C(=O)c2ccccc2C4=O)c(O)c1. The number of hydrogen-bond acceptors (Lipinski definition) is 5. The highest BCUT2D eigenvalue weighted by molar-refractivity contribution is 6.31. The van der Waals surface area contributed by atoms with Gasteiger partial charge in [-0.1, -0.05) is 24.3 Å². The molecule has 1 aliphatic carbocycles. The van der Waals surface area contributed by atoms with Gasteiger partial charge in [0.25, 0.3) is 0 Å². The average molecular weight is 411 g/mol. The molecule has 0 bridgehead atoms. The van der Waals surface area contributed by atoms with Gasteiger partial charge >= 0.3 is 0 Å². The van der Waals surface area contributed by atoms with Crippen molar-refractivity contribution in [2.24, 2.45) is 0 Å². The first kappa shape index (κ1) is 19.1. The highest BCUT2D eigenvalue weighted by atomic mass is 16.3. The number of benzene rings is 3. The monoisotopic (exact) mass is 411 g/mol. The molecule has 0 amide bonds. The highest BCUT2D eigenvalue weighted by Gasteiger charge is 2.32. The standard InChI is InChI=1S/C25H21N3O3/c1-3-28(4-2)14-9-10-17(20(29)13-14)25-26-19-12-11-18-21(22(19)27-25)24(31)16-8-6-5-7-15(16)23(18)30/h5-13,29H,3-4H2,1-2H3,(H,26,27). The first-order chi connectivity index (χ1) is 15.0. The molecule has 0 radical (unpaired) electrons. The summed E-state index contributed by atoms with van der Waals surface area (Å²) in [5, 5.41) is 10.7. The molecule has 0 saturated heterocycles. The van der Waals surface area contributed by atoms with Gasteiger partial charge in [0, 0.05) is 41.5 Å². The largest absolute Gasteiger partial charge is 0.507 e. The molecule has 0 saturated carbocycles. The average Bonchev–Trinajstić information content (AvgIpc) is 3.22. The summed E-state index contributed by atoms with van der Waals surface area (Å²) >= 11 is 0. The van der Waals surface area contributed by atoms with Crippen LogP contribution in [0.3, 0.4) is 0 Å². The Hall–Kier alpha value is -3.93. The van der Waals surface area contributed by atoms with Gasteiger partial charge in [-0.25, -0.2) is 4.98 Å². The molecule has 0 unspecified atom stereocenters. The number of rotatable bonds is 4. The topological polar surface area (TPSA) is 86.3 Å². The molecular formula is C25H21N3O3. The van der Waals surface area contributed by atoms with E-state index in [9.17, 15) is 14.7 Å². The van der Waals surface area contributed by atoms with E-state index in [-0.39, 0.29) is 17.3 Å². The Labute approximate surface area is 179 Å². The van der Waals surface area contributed by atoms with Crippen molar-refractivity contribution >= 4 is 28.3 Å². The van der Waals surface area contributed by atoms with E-state index in [1.54, 1.807) is 42.5 Å². The fraction of sp³-hybridized carbons (Fsp3) is 0.160. The van der Waals surface area contributed by atoms with Crippen LogP contribution in [-0.2, 0) is 0 Å². The Kier molecular flexibility index (Phi) is 4.36. The number of imidazole rings is 1. The molecule has 3 aromatic carbocycles. The quantitative estimate of drug-likeness (QED) is 0.453. The summed E-state index contributed by atoms with van der Waals surface area (Å²) < 4.78 is 0. The molecular weight excluding hydrogens is 390 g/mol. The van der Waals surface area contributed by atoms with E-state index < -0.39 is 0 Å². The van der Waals surface area contributed by atoms with Crippen molar-refractivity contribution in [1.82, 2.24) is 9.97 Å². The number of anilines is 1. The highest BCUT2D eigenvalue weighted by Crippen LogP contribution is 2.36. The zero-order valence-corrected chi connectivity index (χ0v) is 17.3. The van der Waals surface area contributed by atoms with Crippen molar-refractivity contribution < 1.29 is 14.7 Å². The number of ketones is 2. The second kappa shape index (κ2) is 7.09. The number of carbonyl (C=O) groups is 2. The fourth-order valence-corrected chi connectivity index (χ4v) is 4.29. The van der Waals surface area contributed by atoms with Crippen LogP contribution >= 0.6 is 0 Å². The minimum atomic E-state index is -0.213. The lowest BCUT2D eigenvalue weighted by Gasteiger charge is -2.21. The van der Waals surface area contributed by atoms with E-state index in [4.69, 9.17) is 0 Å². The number of nitrogens with zero attached hydrogens (tertiary/aromatic N) is 2. The third-order valence-electron chi connectivity index (χ3n) is 5.91. The lowest BCUT2D eigenvalue weighted by molar-refractivity contribution is 0.0980. The number of carbonyl (C=O) groups excluding carboxylic acids is 2. The number of nitrogens with one attached hydrogen (secondary N) is 1. The minimum Gasteiger partial charge on any atom is -0.507 e. The van der Waals surface area contributed by atoms with Crippen LogP contribution in [0.15, 0.2) is 54.6 Å². The maximum absolute atomic E-state index is 13.2. The second-order valence-electron chi connectivity index (χ2n) is 7.55. The molecule has 2 N–H and O–H groups in total. The van der Waals surface area contributed by atoms with Gasteiger partial charge in [-0.15, -0.1) is 0 Å². The van der Waals surface area contributed by atoms with Crippen molar-refractivity contribution in [3.05, 3.63) is 76.9 Å². The number of aromatic nitrogens is 2. The van der Waals surface area contributed by atoms with E-state index in [0.29, 0.717) is 44.7 Å². The van der Waals surface area contributed by atoms with Crippen LogP contribution in [0.5, 0.6) is 5.75 Å². The van der Waals surface area contributed by atoms with E-state index in [1.165, 1.54) is 0 Å². The fourth-order valence-electron chi connectivity index (χ4n) is 4.29. The molecule has 6 nitrogen and oxygen atoms in total. The number of fused-ring (bicyclic) bond motifs is 4. The van der Waals surface area contributed by atoms with Crippen LogP contribution < -0.4 is 4.90 Å². The molecule has 0 atom stereocenters. The number of phenolic OH excluding ortho intramolecular Hbond substituents is 1. The first-order valence-electron chi connectivity index (χ1n) is 10.3. The lowest BCUT2D eigenvalue weighted by atomic mass is 9.83. The Morgan fingerprint density at radius 3 is 2.23 bits per heavy atom. The molecule has 4 aromatic rings. The van der Waals surface area contributed by atoms with Gasteiger partial charge in [0.2, 0.25) is 0 Å². The van der Waals surface area contributed by atoms with Crippen molar-refractivity contribution in [2.75, 3.05) is 18.0 Å². The zero-order valence-electron chi connectivity index (χ0n) is 17.3. The van der Waals surface area contributed by atoms with Gasteiger partial charge < -0.3 is 15.0 Å².